The Morgan fingerprint density at radius 1 is 0.974 bits per heavy atom. The van der Waals surface area contributed by atoms with E-state index in [1.807, 2.05) is 80.6 Å². The Hall–Kier alpha value is -3.31. The zero-order chi connectivity index (χ0) is 26.9. The molecule has 0 radical (unpaired) electrons. The van der Waals surface area contributed by atoms with Crippen molar-refractivity contribution in [3.8, 4) is 5.75 Å². The molecule has 0 aliphatic heterocycles. The minimum atomic E-state index is -0.703. The molecule has 0 aromatic heterocycles. The van der Waals surface area contributed by atoms with Gasteiger partial charge in [0.2, 0.25) is 5.91 Å². The van der Waals surface area contributed by atoms with E-state index in [-0.39, 0.29) is 31.0 Å². The van der Waals surface area contributed by atoms with E-state index in [4.69, 9.17) is 16.3 Å². The van der Waals surface area contributed by atoms with Crippen molar-refractivity contribution >= 4 is 23.4 Å². The molecule has 1 aliphatic rings. The minimum absolute atomic E-state index is 0.132. The third-order valence-electron chi connectivity index (χ3n) is 7.22. The fraction of sp³-hybridized carbons (Fsp3) is 0.375. The molecule has 1 N–H and O–H groups in total. The van der Waals surface area contributed by atoms with Gasteiger partial charge in [0.15, 0.2) is 6.61 Å². The monoisotopic (exact) mass is 532 g/mol. The number of hydrogen-bond acceptors (Lipinski definition) is 3. The maximum absolute atomic E-state index is 13.8. The molecule has 2 amide bonds. The highest BCUT2D eigenvalue weighted by Gasteiger charge is 2.32. The number of ether oxygens (including phenoxy) is 1. The summed E-state index contributed by atoms with van der Waals surface area (Å²) in [5.74, 6) is 0.278. The number of carbonyl (C=O) groups excluding carboxylic acids is 2. The number of amides is 2. The summed E-state index contributed by atoms with van der Waals surface area (Å²) < 4.78 is 6.00. The fourth-order valence-electron chi connectivity index (χ4n) is 4.99. The van der Waals surface area contributed by atoms with E-state index in [1.54, 1.807) is 11.0 Å². The van der Waals surface area contributed by atoms with Gasteiger partial charge in [-0.3, -0.25) is 9.59 Å². The van der Waals surface area contributed by atoms with Crippen molar-refractivity contribution in [1.29, 1.82) is 0 Å². The third kappa shape index (κ3) is 7.61. The van der Waals surface area contributed by atoms with Crippen LogP contribution < -0.4 is 10.1 Å². The van der Waals surface area contributed by atoms with Gasteiger partial charge >= 0.3 is 0 Å². The van der Waals surface area contributed by atoms with Crippen LogP contribution in [0.15, 0.2) is 72.8 Å². The Kier molecular flexibility index (Phi) is 9.83. The first-order valence-corrected chi connectivity index (χ1v) is 13.9. The average Bonchev–Trinajstić information content (AvgIpc) is 2.93. The van der Waals surface area contributed by atoms with Crippen LogP contribution in [0.4, 0.5) is 0 Å². The molecular formula is C32H37ClN2O3. The zero-order valence-corrected chi connectivity index (χ0v) is 23.0. The van der Waals surface area contributed by atoms with Gasteiger partial charge in [-0.1, -0.05) is 91.5 Å². The first-order valence-electron chi connectivity index (χ1n) is 13.5. The van der Waals surface area contributed by atoms with Crippen molar-refractivity contribution in [3.05, 3.63) is 100 Å². The second kappa shape index (κ2) is 13.5. The molecule has 1 aliphatic carbocycles. The van der Waals surface area contributed by atoms with Crippen LogP contribution in [-0.4, -0.2) is 35.4 Å². The number of nitrogens with zero attached hydrogens (tertiary/aromatic N) is 1. The molecule has 0 heterocycles. The van der Waals surface area contributed by atoms with Gasteiger partial charge in [0, 0.05) is 24.0 Å². The van der Waals surface area contributed by atoms with Crippen molar-refractivity contribution in [2.24, 2.45) is 0 Å². The first kappa shape index (κ1) is 27.7. The van der Waals surface area contributed by atoms with Crippen molar-refractivity contribution in [1.82, 2.24) is 10.2 Å². The van der Waals surface area contributed by atoms with Crippen LogP contribution in [0.5, 0.6) is 5.75 Å². The van der Waals surface area contributed by atoms with Crippen LogP contribution in [0.2, 0.25) is 5.02 Å². The summed E-state index contributed by atoms with van der Waals surface area (Å²) in [6, 6.07) is 22.6. The Balaban J connectivity index is 1.63. The van der Waals surface area contributed by atoms with Gasteiger partial charge in [-0.2, -0.15) is 0 Å². The van der Waals surface area contributed by atoms with Gasteiger partial charge in [-0.25, -0.2) is 0 Å². The lowest BCUT2D eigenvalue weighted by atomic mass is 9.94. The van der Waals surface area contributed by atoms with Gasteiger partial charge in [-0.05, 0) is 61.1 Å². The van der Waals surface area contributed by atoms with E-state index in [0.717, 1.165) is 47.9 Å². The van der Waals surface area contributed by atoms with Crippen molar-refractivity contribution in [2.75, 3.05) is 6.61 Å². The third-order valence-corrected chi connectivity index (χ3v) is 7.58. The second-order valence-corrected chi connectivity index (χ2v) is 10.6. The van der Waals surface area contributed by atoms with Crippen molar-refractivity contribution in [2.45, 2.75) is 71.0 Å². The van der Waals surface area contributed by atoms with Crippen LogP contribution in [-0.2, 0) is 22.6 Å². The first-order chi connectivity index (χ1) is 18.4. The molecule has 200 valence electrons. The number of hydrogen-bond donors (Lipinski definition) is 1. The molecule has 5 nitrogen and oxygen atoms in total. The molecule has 38 heavy (non-hydrogen) atoms. The topological polar surface area (TPSA) is 58.6 Å². The fourth-order valence-corrected chi connectivity index (χ4v) is 5.19. The molecule has 4 rings (SSSR count). The molecular weight excluding hydrogens is 496 g/mol. The molecule has 1 fully saturated rings. The van der Waals surface area contributed by atoms with Crippen LogP contribution >= 0.6 is 11.6 Å². The number of carbonyl (C=O) groups is 2. The van der Waals surface area contributed by atoms with E-state index < -0.39 is 6.04 Å². The predicted molar refractivity (Wildman–Crippen MR) is 152 cm³/mol. The van der Waals surface area contributed by atoms with Crippen LogP contribution in [0.1, 0.15) is 54.4 Å². The smallest absolute Gasteiger partial charge is 0.261 e. The van der Waals surface area contributed by atoms with Crippen LogP contribution in [0, 0.1) is 13.8 Å². The lowest BCUT2D eigenvalue weighted by Crippen LogP contribution is -2.53. The van der Waals surface area contributed by atoms with Gasteiger partial charge in [-0.15, -0.1) is 0 Å². The summed E-state index contributed by atoms with van der Waals surface area (Å²) in [6.45, 7) is 3.99. The molecule has 3 aromatic carbocycles. The highest BCUT2D eigenvalue weighted by atomic mass is 35.5. The normalized spacial score (nSPS) is 14.5. The quantitative estimate of drug-likeness (QED) is 0.327. The predicted octanol–water partition coefficient (Wildman–Crippen LogP) is 6.42. The van der Waals surface area contributed by atoms with E-state index in [9.17, 15) is 9.59 Å². The standard InChI is InChI=1S/C32H37ClN2O3/c1-23-17-18-24(2)30(19-23)38-22-31(36)35(21-26-13-9-10-16-28(26)33)29(20-25-11-5-3-6-12-25)32(37)34-27-14-7-4-8-15-27/h3,5-6,9-13,16-19,27,29H,4,7-8,14-15,20-22H2,1-2H3,(H,34,37)/t29-/m1/s1. The summed E-state index contributed by atoms with van der Waals surface area (Å²) >= 11 is 6.51. The minimum Gasteiger partial charge on any atom is -0.483 e. The number of aryl methyl sites for hydroxylation is 2. The van der Waals surface area contributed by atoms with E-state index in [0.29, 0.717) is 17.2 Å². The van der Waals surface area contributed by atoms with E-state index >= 15 is 0 Å². The maximum Gasteiger partial charge on any atom is 0.261 e. The number of benzene rings is 3. The molecule has 3 aromatic rings. The van der Waals surface area contributed by atoms with E-state index in [1.165, 1.54) is 6.42 Å². The number of halogens is 1. The van der Waals surface area contributed by atoms with E-state index in [2.05, 4.69) is 5.32 Å². The summed E-state index contributed by atoms with van der Waals surface area (Å²) in [6.07, 6.45) is 5.77. The Morgan fingerprint density at radius 3 is 2.42 bits per heavy atom. The molecule has 0 saturated heterocycles. The highest BCUT2D eigenvalue weighted by Crippen LogP contribution is 2.23. The Bertz CT molecular complexity index is 1220. The summed E-state index contributed by atoms with van der Waals surface area (Å²) in [5.41, 5.74) is 3.79. The summed E-state index contributed by atoms with van der Waals surface area (Å²) in [5, 5.41) is 3.82. The molecule has 0 bridgehead atoms. The summed E-state index contributed by atoms with van der Waals surface area (Å²) in [7, 11) is 0. The van der Waals surface area contributed by atoms with Crippen molar-refractivity contribution in [3.63, 3.8) is 0 Å². The van der Waals surface area contributed by atoms with Gasteiger partial charge in [0.05, 0.1) is 0 Å². The summed E-state index contributed by atoms with van der Waals surface area (Å²) in [4.78, 5) is 29.3. The largest absolute Gasteiger partial charge is 0.483 e. The number of nitrogens with one attached hydrogen (secondary N) is 1. The highest BCUT2D eigenvalue weighted by molar-refractivity contribution is 6.31. The molecule has 6 heteroatoms. The van der Waals surface area contributed by atoms with Gasteiger partial charge in [0.1, 0.15) is 11.8 Å². The SMILES string of the molecule is Cc1ccc(C)c(OCC(=O)N(Cc2ccccc2Cl)[C@H](Cc2ccccc2)C(=O)NC2CCCCC2)c1. The average molecular weight is 533 g/mol. The zero-order valence-electron chi connectivity index (χ0n) is 22.3. The molecule has 1 saturated carbocycles. The Labute approximate surface area is 231 Å². The van der Waals surface area contributed by atoms with Crippen molar-refractivity contribution < 1.29 is 14.3 Å². The number of rotatable bonds is 10. The maximum atomic E-state index is 13.8. The van der Waals surface area contributed by atoms with Gasteiger partial charge < -0.3 is 15.0 Å². The van der Waals surface area contributed by atoms with Gasteiger partial charge in [0.25, 0.3) is 5.91 Å². The van der Waals surface area contributed by atoms with Crippen LogP contribution in [0.3, 0.4) is 0 Å². The molecule has 0 unspecified atom stereocenters. The molecule has 0 spiro atoms. The van der Waals surface area contributed by atoms with Crippen LogP contribution in [0.25, 0.3) is 0 Å². The molecule has 1 atom stereocenters. The Morgan fingerprint density at radius 2 is 1.68 bits per heavy atom. The lowest BCUT2D eigenvalue weighted by Gasteiger charge is -2.33. The second-order valence-electron chi connectivity index (χ2n) is 10.2. The lowest BCUT2D eigenvalue weighted by molar-refractivity contribution is -0.143.